The summed E-state index contributed by atoms with van der Waals surface area (Å²) >= 11 is 5.83. The van der Waals surface area contributed by atoms with E-state index in [2.05, 4.69) is 4.98 Å². The van der Waals surface area contributed by atoms with Gasteiger partial charge in [0.15, 0.2) is 11.6 Å². The molecule has 110 valence electrons. The Morgan fingerprint density at radius 1 is 1.05 bits per heavy atom. The average Bonchev–Trinajstić information content (AvgIpc) is 2.99. The van der Waals surface area contributed by atoms with Crippen LogP contribution < -0.4 is 0 Å². The lowest BCUT2D eigenvalue weighted by molar-refractivity contribution is 0.103. The maximum atomic E-state index is 13.3. The zero-order chi connectivity index (χ0) is 15.7. The smallest absolute Gasteiger partial charge is 0.211 e. The summed E-state index contributed by atoms with van der Waals surface area (Å²) in [4.78, 5) is 16.4. The zero-order valence-electron chi connectivity index (χ0n) is 11.1. The van der Waals surface area contributed by atoms with Gasteiger partial charge in [-0.2, -0.15) is 0 Å². The Hall–Kier alpha value is -2.53. The SMILES string of the molecule is O=C(c1ccc(F)c(F)c1)c1cncn1-c1ccc(Cl)cc1. The maximum absolute atomic E-state index is 13.3. The van der Waals surface area contributed by atoms with Gasteiger partial charge in [-0.25, -0.2) is 13.8 Å². The Labute approximate surface area is 129 Å². The van der Waals surface area contributed by atoms with Crippen LogP contribution in [-0.2, 0) is 0 Å². The number of halogens is 3. The van der Waals surface area contributed by atoms with Crippen LogP contribution in [0.15, 0.2) is 55.0 Å². The molecule has 6 heteroatoms. The van der Waals surface area contributed by atoms with E-state index in [0.717, 1.165) is 12.1 Å². The summed E-state index contributed by atoms with van der Waals surface area (Å²) in [5.74, 6) is -2.52. The number of hydrogen-bond acceptors (Lipinski definition) is 2. The molecule has 3 aromatic rings. The van der Waals surface area contributed by atoms with Crippen molar-refractivity contribution in [3.8, 4) is 5.69 Å². The van der Waals surface area contributed by atoms with Crippen molar-refractivity contribution in [3.05, 3.63) is 82.9 Å². The summed E-state index contributed by atoms with van der Waals surface area (Å²) < 4.78 is 27.8. The lowest BCUT2D eigenvalue weighted by Gasteiger charge is -2.08. The number of nitrogens with zero attached hydrogens (tertiary/aromatic N) is 2. The molecular formula is C16H9ClF2N2O. The van der Waals surface area contributed by atoms with Gasteiger partial charge in [-0.1, -0.05) is 11.6 Å². The van der Waals surface area contributed by atoms with Crippen LogP contribution >= 0.6 is 11.6 Å². The van der Waals surface area contributed by atoms with Gasteiger partial charge in [-0.15, -0.1) is 0 Å². The first-order chi connectivity index (χ1) is 10.6. The average molecular weight is 319 g/mol. The molecule has 0 unspecified atom stereocenters. The van der Waals surface area contributed by atoms with Crippen LogP contribution in [-0.4, -0.2) is 15.3 Å². The van der Waals surface area contributed by atoms with Crippen molar-refractivity contribution < 1.29 is 13.6 Å². The monoisotopic (exact) mass is 318 g/mol. The van der Waals surface area contributed by atoms with E-state index >= 15 is 0 Å². The van der Waals surface area contributed by atoms with Crippen molar-refractivity contribution >= 4 is 17.4 Å². The second-order valence-corrected chi connectivity index (χ2v) is 5.02. The van der Waals surface area contributed by atoms with Gasteiger partial charge in [0.1, 0.15) is 5.69 Å². The predicted molar refractivity (Wildman–Crippen MR) is 78.4 cm³/mol. The first-order valence-corrected chi connectivity index (χ1v) is 6.72. The Kier molecular flexibility index (Phi) is 3.73. The molecule has 0 aliphatic heterocycles. The van der Waals surface area contributed by atoms with E-state index in [1.54, 1.807) is 28.8 Å². The fourth-order valence-corrected chi connectivity index (χ4v) is 2.18. The molecule has 0 aliphatic rings. The lowest BCUT2D eigenvalue weighted by Crippen LogP contribution is -2.09. The van der Waals surface area contributed by atoms with E-state index in [-0.39, 0.29) is 11.3 Å². The predicted octanol–water partition coefficient (Wildman–Crippen LogP) is 4.03. The van der Waals surface area contributed by atoms with Crippen LogP contribution in [0.1, 0.15) is 16.1 Å². The zero-order valence-corrected chi connectivity index (χ0v) is 11.9. The highest BCUT2D eigenvalue weighted by Crippen LogP contribution is 2.18. The molecular weight excluding hydrogens is 310 g/mol. The number of hydrogen-bond donors (Lipinski definition) is 0. The molecule has 1 aromatic heterocycles. The van der Waals surface area contributed by atoms with Crippen LogP contribution in [0, 0.1) is 11.6 Å². The van der Waals surface area contributed by atoms with E-state index in [9.17, 15) is 13.6 Å². The molecule has 22 heavy (non-hydrogen) atoms. The third-order valence-electron chi connectivity index (χ3n) is 3.16. The molecule has 0 fully saturated rings. The molecule has 3 rings (SSSR count). The lowest BCUT2D eigenvalue weighted by atomic mass is 10.1. The molecule has 0 amide bonds. The third kappa shape index (κ3) is 2.63. The Bertz CT molecular complexity index is 844. The number of ketones is 1. The normalized spacial score (nSPS) is 10.7. The molecule has 0 aliphatic carbocycles. The van der Waals surface area contributed by atoms with E-state index in [0.29, 0.717) is 10.7 Å². The molecule has 2 aromatic carbocycles. The van der Waals surface area contributed by atoms with Crippen LogP contribution in [0.2, 0.25) is 5.02 Å². The largest absolute Gasteiger partial charge is 0.296 e. The van der Waals surface area contributed by atoms with Gasteiger partial charge in [0.05, 0.1) is 12.5 Å². The van der Waals surface area contributed by atoms with Crippen molar-refractivity contribution in [3.63, 3.8) is 0 Å². The summed E-state index contributed by atoms with van der Waals surface area (Å²) in [6, 6.07) is 9.85. The summed E-state index contributed by atoms with van der Waals surface area (Å²) in [6.45, 7) is 0. The van der Waals surface area contributed by atoms with Crippen LogP contribution in [0.5, 0.6) is 0 Å². The van der Waals surface area contributed by atoms with Gasteiger partial charge in [0, 0.05) is 16.3 Å². The Morgan fingerprint density at radius 2 is 1.77 bits per heavy atom. The highest BCUT2D eigenvalue weighted by Gasteiger charge is 2.17. The van der Waals surface area contributed by atoms with Crippen LogP contribution in [0.3, 0.4) is 0 Å². The summed E-state index contributed by atoms with van der Waals surface area (Å²) in [7, 11) is 0. The molecule has 0 N–H and O–H groups in total. The summed E-state index contributed by atoms with van der Waals surface area (Å²) in [5, 5.41) is 0.567. The number of benzene rings is 2. The number of imidazole rings is 1. The minimum atomic E-state index is -1.07. The van der Waals surface area contributed by atoms with E-state index < -0.39 is 17.4 Å². The van der Waals surface area contributed by atoms with Crippen LogP contribution in [0.25, 0.3) is 5.69 Å². The molecule has 0 spiro atoms. The van der Waals surface area contributed by atoms with Crippen molar-refractivity contribution in [2.75, 3.05) is 0 Å². The second-order valence-electron chi connectivity index (χ2n) is 4.58. The van der Waals surface area contributed by atoms with Gasteiger partial charge in [-0.3, -0.25) is 9.36 Å². The molecule has 0 saturated heterocycles. The third-order valence-corrected chi connectivity index (χ3v) is 3.41. The number of carbonyl (C=O) groups excluding carboxylic acids is 1. The van der Waals surface area contributed by atoms with Gasteiger partial charge in [-0.05, 0) is 42.5 Å². The van der Waals surface area contributed by atoms with Crippen molar-refractivity contribution in [2.45, 2.75) is 0 Å². The summed E-state index contributed by atoms with van der Waals surface area (Å²) in [5.41, 5.74) is 0.982. The van der Waals surface area contributed by atoms with Crippen molar-refractivity contribution in [1.29, 1.82) is 0 Å². The molecule has 0 radical (unpaired) electrons. The van der Waals surface area contributed by atoms with Gasteiger partial charge in [0.2, 0.25) is 5.78 Å². The quantitative estimate of drug-likeness (QED) is 0.683. The molecule has 1 heterocycles. The second kappa shape index (κ2) is 5.69. The number of rotatable bonds is 3. The molecule has 0 saturated carbocycles. The fraction of sp³-hybridized carbons (Fsp3) is 0. The highest BCUT2D eigenvalue weighted by molar-refractivity contribution is 6.30. The van der Waals surface area contributed by atoms with Gasteiger partial charge >= 0.3 is 0 Å². The van der Waals surface area contributed by atoms with E-state index in [1.165, 1.54) is 18.6 Å². The standard InChI is InChI=1S/C16H9ClF2N2O/c17-11-2-4-12(5-3-11)21-9-20-8-15(21)16(22)10-1-6-13(18)14(19)7-10/h1-9H. The first kappa shape index (κ1) is 14.4. The minimum absolute atomic E-state index is 0.0506. The van der Waals surface area contributed by atoms with Crippen molar-refractivity contribution in [2.24, 2.45) is 0 Å². The minimum Gasteiger partial charge on any atom is -0.296 e. The highest BCUT2D eigenvalue weighted by atomic mass is 35.5. The fourth-order valence-electron chi connectivity index (χ4n) is 2.06. The number of carbonyl (C=O) groups is 1. The molecule has 3 nitrogen and oxygen atoms in total. The Morgan fingerprint density at radius 3 is 2.45 bits per heavy atom. The van der Waals surface area contributed by atoms with Crippen molar-refractivity contribution in [1.82, 2.24) is 9.55 Å². The van der Waals surface area contributed by atoms with Gasteiger partial charge < -0.3 is 0 Å². The molecule has 0 atom stereocenters. The maximum Gasteiger partial charge on any atom is 0.211 e. The topological polar surface area (TPSA) is 34.9 Å². The van der Waals surface area contributed by atoms with E-state index in [1.807, 2.05) is 0 Å². The number of aromatic nitrogens is 2. The van der Waals surface area contributed by atoms with Crippen LogP contribution in [0.4, 0.5) is 8.78 Å². The van der Waals surface area contributed by atoms with Gasteiger partial charge in [0.25, 0.3) is 0 Å². The summed E-state index contributed by atoms with van der Waals surface area (Å²) in [6.07, 6.45) is 2.84. The first-order valence-electron chi connectivity index (χ1n) is 6.34. The van der Waals surface area contributed by atoms with E-state index in [4.69, 9.17) is 11.6 Å². The Balaban J connectivity index is 2.02. The molecule has 0 bridgehead atoms.